The fourth-order valence-electron chi connectivity index (χ4n) is 2.72. The van der Waals surface area contributed by atoms with Crippen LogP contribution in [0.15, 0.2) is 35.4 Å². The minimum atomic E-state index is -1.13. The first kappa shape index (κ1) is 22.0. The van der Waals surface area contributed by atoms with Crippen LogP contribution in [0.3, 0.4) is 0 Å². The summed E-state index contributed by atoms with van der Waals surface area (Å²) in [6.07, 6.45) is -2.94. The first-order valence-electron chi connectivity index (χ1n) is 8.79. The number of nitrogens with one attached hydrogen (secondary N) is 1. The molecular weight excluding hydrogens is 384 g/mol. The molecule has 10 heteroatoms. The molecule has 0 saturated carbocycles. The summed E-state index contributed by atoms with van der Waals surface area (Å²) in [4.78, 5) is 46.4. The van der Waals surface area contributed by atoms with Crippen LogP contribution in [-0.4, -0.2) is 61.1 Å². The molecule has 29 heavy (non-hydrogen) atoms. The lowest BCUT2D eigenvalue weighted by Gasteiger charge is -2.39. The number of benzene rings is 1. The fraction of sp³-hybridized carbons (Fsp3) is 0.421. The fourth-order valence-corrected chi connectivity index (χ4v) is 2.72. The minimum Gasteiger partial charge on any atom is -0.456 e. The molecule has 1 saturated heterocycles. The summed E-state index contributed by atoms with van der Waals surface area (Å²) in [7, 11) is 0. The summed E-state index contributed by atoms with van der Waals surface area (Å²) in [5.74, 6) is -2.37. The standard InChI is InChI=1S/C19H22N2O8/c1-11(22)27-16-10-26-15(17(28-12(2)23)18(16)29-13(3)24)9-20-21-19(25)14-7-5-4-6-8-14/h4-9,15-18H,10H2,1-3H3,(H,21,25)/b20-9+/t15-,16-,17-,18-/m1/s1. The molecule has 10 nitrogen and oxygen atoms in total. The molecule has 0 bridgehead atoms. The van der Waals surface area contributed by atoms with Gasteiger partial charge in [-0.2, -0.15) is 5.10 Å². The van der Waals surface area contributed by atoms with Crippen molar-refractivity contribution >= 4 is 30.0 Å². The molecule has 1 N–H and O–H groups in total. The van der Waals surface area contributed by atoms with Crippen LogP contribution in [0.25, 0.3) is 0 Å². The van der Waals surface area contributed by atoms with Gasteiger partial charge in [0.1, 0.15) is 6.10 Å². The van der Waals surface area contributed by atoms with Crippen LogP contribution in [0.5, 0.6) is 0 Å². The Hall–Kier alpha value is -3.27. The molecule has 0 aromatic heterocycles. The molecule has 1 amide bonds. The Labute approximate surface area is 167 Å². The van der Waals surface area contributed by atoms with Crippen LogP contribution >= 0.6 is 0 Å². The van der Waals surface area contributed by atoms with Crippen LogP contribution < -0.4 is 5.43 Å². The number of nitrogens with zero attached hydrogens (tertiary/aromatic N) is 1. The molecule has 0 aliphatic carbocycles. The van der Waals surface area contributed by atoms with E-state index >= 15 is 0 Å². The van der Waals surface area contributed by atoms with Crippen molar-refractivity contribution in [3.8, 4) is 0 Å². The van der Waals surface area contributed by atoms with Gasteiger partial charge in [0.25, 0.3) is 5.91 Å². The Kier molecular flexibility index (Phi) is 7.84. The summed E-state index contributed by atoms with van der Waals surface area (Å²) in [6.45, 7) is 3.41. The van der Waals surface area contributed by atoms with Crippen LogP contribution in [0.1, 0.15) is 31.1 Å². The van der Waals surface area contributed by atoms with Crippen LogP contribution in [-0.2, 0) is 33.3 Å². The quantitative estimate of drug-likeness (QED) is 0.315. The van der Waals surface area contributed by atoms with E-state index in [1.54, 1.807) is 30.3 Å². The lowest BCUT2D eigenvalue weighted by atomic mass is 9.99. The summed E-state index contributed by atoms with van der Waals surface area (Å²) < 4.78 is 21.1. The third-order valence-corrected chi connectivity index (χ3v) is 3.81. The number of carbonyl (C=O) groups is 4. The highest BCUT2D eigenvalue weighted by Gasteiger charge is 2.46. The molecule has 1 aromatic rings. The predicted octanol–water partition coefficient (Wildman–Crippen LogP) is 0.596. The zero-order valence-electron chi connectivity index (χ0n) is 16.2. The molecule has 1 aliphatic rings. The number of ether oxygens (including phenoxy) is 4. The van der Waals surface area contributed by atoms with Crippen molar-refractivity contribution in [1.29, 1.82) is 0 Å². The van der Waals surface area contributed by atoms with E-state index in [1.807, 2.05) is 0 Å². The number of amides is 1. The molecule has 0 radical (unpaired) electrons. The predicted molar refractivity (Wildman–Crippen MR) is 98.8 cm³/mol. The van der Waals surface area contributed by atoms with Crippen molar-refractivity contribution in [2.24, 2.45) is 5.10 Å². The Morgan fingerprint density at radius 1 is 0.966 bits per heavy atom. The Morgan fingerprint density at radius 3 is 2.14 bits per heavy atom. The summed E-state index contributed by atoms with van der Waals surface area (Å²) in [5, 5.41) is 3.84. The van der Waals surface area contributed by atoms with E-state index in [0.29, 0.717) is 5.56 Å². The van der Waals surface area contributed by atoms with E-state index in [2.05, 4.69) is 10.5 Å². The second-order valence-electron chi connectivity index (χ2n) is 6.18. The summed E-state index contributed by atoms with van der Waals surface area (Å²) >= 11 is 0. The van der Waals surface area contributed by atoms with Gasteiger partial charge in [0.15, 0.2) is 18.3 Å². The number of hydrogen-bond acceptors (Lipinski definition) is 9. The molecular formula is C19H22N2O8. The lowest BCUT2D eigenvalue weighted by Crippen LogP contribution is -2.58. The third-order valence-electron chi connectivity index (χ3n) is 3.81. The van der Waals surface area contributed by atoms with Gasteiger partial charge in [-0.15, -0.1) is 0 Å². The molecule has 156 valence electrons. The van der Waals surface area contributed by atoms with Crippen molar-refractivity contribution in [3.05, 3.63) is 35.9 Å². The number of hydrazone groups is 1. The van der Waals surface area contributed by atoms with Gasteiger partial charge < -0.3 is 18.9 Å². The van der Waals surface area contributed by atoms with Gasteiger partial charge in [0, 0.05) is 26.3 Å². The average Bonchev–Trinajstić information content (AvgIpc) is 2.65. The molecule has 4 atom stereocenters. The van der Waals surface area contributed by atoms with E-state index in [-0.39, 0.29) is 6.61 Å². The first-order valence-corrected chi connectivity index (χ1v) is 8.79. The van der Waals surface area contributed by atoms with Crippen LogP contribution in [0.4, 0.5) is 0 Å². The molecule has 1 heterocycles. The van der Waals surface area contributed by atoms with Gasteiger partial charge in [0.2, 0.25) is 0 Å². The molecule has 1 aromatic carbocycles. The van der Waals surface area contributed by atoms with Gasteiger partial charge in [0.05, 0.1) is 12.8 Å². The number of carbonyl (C=O) groups excluding carboxylic acids is 4. The van der Waals surface area contributed by atoms with Crippen molar-refractivity contribution in [2.45, 2.75) is 45.2 Å². The zero-order valence-corrected chi connectivity index (χ0v) is 16.2. The van der Waals surface area contributed by atoms with Crippen molar-refractivity contribution in [2.75, 3.05) is 6.61 Å². The Balaban J connectivity index is 2.15. The largest absolute Gasteiger partial charge is 0.456 e. The number of rotatable bonds is 6. The maximum absolute atomic E-state index is 12.1. The van der Waals surface area contributed by atoms with Crippen molar-refractivity contribution in [1.82, 2.24) is 5.43 Å². The SMILES string of the molecule is CC(=O)O[C@H]1[C@H](OC(C)=O)[C@H](OC(C)=O)CO[C@@H]1/C=N/NC(=O)c1ccccc1. The summed E-state index contributed by atoms with van der Waals surface area (Å²) in [6, 6.07) is 8.42. The smallest absolute Gasteiger partial charge is 0.303 e. The van der Waals surface area contributed by atoms with E-state index in [9.17, 15) is 19.2 Å². The van der Waals surface area contributed by atoms with Gasteiger partial charge in [-0.05, 0) is 12.1 Å². The van der Waals surface area contributed by atoms with E-state index in [0.717, 1.165) is 0 Å². The van der Waals surface area contributed by atoms with Gasteiger partial charge in [-0.3, -0.25) is 19.2 Å². The highest BCUT2D eigenvalue weighted by Crippen LogP contribution is 2.23. The minimum absolute atomic E-state index is 0.126. The average molecular weight is 406 g/mol. The molecule has 1 aliphatic heterocycles. The van der Waals surface area contributed by atoms with Gasteiger partial charge in [-0.1, -0.05) is 18.2 Å². The highest BCUT2D eigenvalue weighted by atomic mass is 16.6. The summed E-state index contributed by atoms with van der Waals surface area (Å²) in [5.41, 5.74) is 2.74. The zero-order chi connectivity index (χ0) is 21.4. The maximum atomic E-state index is 12.1. The number of hydrogen-bond donors (Lipinski definition) is 1. The Bertz CT molecular complexity index is 780. The monoisotopic (exact) mass is 406 g/mol. The lowest BCUT2D eigenvalue weighted by molar-refractivity contribution is -0.215. The van der Waals surface area contributed by atoms with E-state index in [1.165, 1.54) is 27.0 Å². The van der Waals surface area contributed by atoms with E-state index < -0.39 is 48.2 Å². The second kappa shape index (κ2) is 10.3. The van der Waals surface area contributed by atoms with Gasteiger partial charge >= 0.3 is 17.9 Å². The first-order chi connectivity index (χ1) is 13.8. The molecule has 2 rings (SSSR count). The normalized spacial score (nSPS) is 23.8. The molecule has 0 unspecified atom stereocenters. The van der Waals surface area contributed by atoms with Crippen LogP contribution in [0.2, 0.25) is 0 Å². The molecule has 0 spiro atoms. The number of esters is 3. The maximum Gasteiger partial charge on any atom is 0.303 e. The third kappa shape index (κ3) is 6.68. The van der Waals surface area contributed by atoms with Crippen LogP contribution in [0, 0.1) is 0 Å². The van der Waals surface area contributed by atoms with Gasteiger partial charge in [-0.25, -0.2) is 5.43 Å². The Morgan fingerprint density at radius 2 is 1.55 bits per heavy atom. The van der Waals surface area contributed by atoms with E-state index in [4.69, 9.17) is 18.9 Å². The van der Waals surface area contributed by atoms with Crippen molar-refractivity contribution in [3.63, 3.8) is 0 Å². The molecule has 1 fully saturated rings. The second-order valence-corrected chi connectivity index (χ2v) is 6.18. The topological polar surface area (TPSA) is 130 Å². The van der Waals surface area contributed by atoms with Crippen molar-refractivity contribution < 1.29 is 38.1 Å². The highest BCUT2D eigenvalue weighted by molar-refractivity contribution is 5.94.